The van der Waals surface area contributed by atoms with E-state index in [1.807, 2.05) is 13.0 Å². The Bertz CT molecular complexity index is 1040. The molecular weight excluding hydrogens is 388 g/mol. The van der Waals surface area contributed by atoms with Crippen LogP contribution in [-0.2, 0) is 14.3 Å². The first-order valence-electron chi connectivity index (χ1n) is 12.0. The van der Waals surface area contributed by atoms with Crippen LogP contribution in [0.2, 0.25) is 0 Å². The first-order valence-corrected chi connectivity index (χ1v) is 12.0. The fraction of sp³-hybridized carbons (Fsp3) is 0.630. The first kappa shape index (κ1) is 19.6. The van der Waals surface area contributed by atoms with Crippen LogP contribution in [-0.4, -0.2) is 17.4 Å². The second kappa shape index (κ2) is 6.24. The van der Waals surface area contributed by atoms with Gasteiger partial charge >= 0.3 is 5.97 Å². The topological polar surface area (TPSA) is 56.5 Å². The van der Waals surface area contributed by atoms with E-state index in [9.17, 15) is 9.59 Å². The van der Waals surface area contributed by atoms with Crippen LogP contribution in [0.5, 0.6) is 0 Å². The Hall–Kier alpha value is -2.10. The van der Waals surface area contributed by atoms with Gasteiger partial charge in [0.2, 0.25) is 0 Å². The molecule has 164 valence electrons. The van der Waals surface area contributed by atoms with E-state index in [-0.39, 0.29) is 28.3 Å². The molecule has 6 atom stereocenters. The Labute approximate surface area is 184 Å². The number of carbonyl (C=O) groups excluding carboxylic acids is 2. The Kier molecular flexibility index (Phi) is 3.94. The van der Waals surface area contributed by atoms with Crippen LogP contribution in [0, 0.1) is 29.6 Å². The largest absolute Gasteiger partial charge is 0.466 e. The summed E-state index contributed by atoms with van der Waals surface area (Å²) in [7, 11) is 0. The normalized spacial score (nSPS) is 43.8. The molecule has 2 saturated carbocycles. The van der Waals surface area contributed by atoms with Gasteiger partial charge in [0.15, 0.2) is 0 Å². The molecule has 0 radical (unpaired) electrons. The number of hydrogen-bond acceptors (Lipinski definition) is 4. The van der Waals surface area contributed by atoms with E-state index in [0.717, 1.165) is 43.6 Å². The zero-order valence-electron chi connectivity index (χ0n) is 18.8. The summed E-state index contributed by atoms with van der Waals surface area (Å²) in [6, 6.07) is 4.17. The molecule has 2 heterocycles. The van der Waals surface area contributed by atoms with Gasteiger partial charge in [0.05, 0.1) is 0 Å². The number of rotatable bonds is 1. The Morgan fingerprint density at radius 1 is 1.06 bits per heavy atom. The first-order chi connectivity index (χ1) is 14.8. The Morgan fingerprint density at radius 2 is 1.90 bits per heavy atom. The van der Waals surface area contributed by atoms with Gasteiger partial charge in [0, 0.05) is 36.0 Å². The molecule has 1 saturated heterocycles. The van der Waals surface area contributed by atoms with E-state index >= 15 is 0 Å². The molecule has 3 fully saturated rings. The van der Waals surface area contributed by atoms with Crippen molar-refractivity contribution in [2.24, 2.45) is 22.7 Å². The van der Waals surface area contributed by atoms with Gasteiger partial charge in [-0.1, -0.05) is 37.1 Å². The maximum Gasteiger partial charge on any atom is 0.306 e. The van der Waals surface area contributed by atoms with E-state index in [1.54, 1.807) is 0 Å². The lowest BCUT2D eigenvalue weighted by molar-refractivity contribution is -0.160. The molecule has 1 spiro atoms. The lowest BCUT2D eigenvalue weighted by Gasteiger charge is -2.56. The van der Waals surface area contributed by atoms with Gasteiger partial charge < -0.3 is 9.15 Å². The number of fused-ring (bicyclic) bond motifs is 6. The minimum absolute atomic E-state index is 0.0276. The van der Waals surface area contributed by atoms with Crippen molar-refractivity contribution in [3.63, 3.8) is 0 Å². The highest BCUT2D eigenvalue weighted by Gasteiger charge is 2.66. The third-order valence-corrected chi connectivity index (χ3v) is 9.79. The molecule has 31 heavy (non-hydrogen) atoms. The van der Waals surface area contributed by atoms with Crippen molar-refractivity contribution < 1.29 is 18.7 Å². The van der Waals surface area contributed by atoms with Crippen molar-refractivity contribution in [3.05, 3.63) is 47.0 Å². The fourth-order valence-electron chi connectivity index (χ4n) is 7.99. The summed E-state index contributed by atoms with van der Waals surface area (Å²) in [5.41, 5.74) is 2.42. The predicted molar refractivity (Wildman–Crippen MR) is 116 cm³/mol. The van der Waals surface area contributed by atoms with Crippen LogP contribution in [0.4, 0.5) is 0 Å². The third-order valence-electron chi connectivity index (χ3n) is 9.79. The van der Waals surface area contributed by atoms with Crippen LogP contribution in [0.1, 0.15) is 82.7 Å². The molecular formula is C27H32O4. The average Bonchev–Trinajstić information content (AvgIpc) is 3.41. The quantitative estimate of drug-likeness (QED) is 0.425. The third kappa shape index (κ3) is 2.48. The number of Topliss-reactive ketones (excluding diaryl/α,β-unsaturated/α-hetero) is 1. The van der Waals surface area contributed by atoms with Crippen molar-refractivity contribution in [1.29, 1.82) is 0 Å². The van der Waals surface area contributed by atoms with Gasteiger partial charge in [0.25, 0.3) is 0 Å². The zero-order chi connectivity index (χ0) is 21.6. The van der Waals surface area contributed by atoms with Gasteiger partial charge in [-0.15, -0.1) is 0 Å². The summed E-state index contributed by atoms with van der Waals surface area (Å²) in [4.78, 5) is 24.5. The molecule has 0 unspecified atom stereocenters. The van der Waals surface area contributed by atoms with Crippen molar-refractivity contribution in [2.75, 3.05) is 0 Å². The molecule has 5 aliphatic rings. The number of ketones is 1. The number of furan rings is 1. The lowest BCUT2D eigenvalue weighted by atomic mass is 9.49. The zero-order valence-corrected chi connectivity index (χ0v) is 18.8. The SMILES string of the molecule is Cc1ccc([C@@H]2C=C3CC(=O)CC[C@]3(C)C3=CC[C@@]4(C)[C@@H](CC[C@@]45CCC(=O)O5)[C@@H]32)o1. The number of esters is 1. The number of ether oxygens (including phenoxy) is 1. The summed E-state index contributed by atoms with van der Waals surface area (Å²) in [6.45, 7) is 6.72. The monoisotopic (exact) mass is 420 g/mol. The molecule has 0 bridgehead atoms. The van der Waals surface area contributed by atoms with Crippen LogP contribution in [0.3, 0.4) is 0 Å². The van der Waals surface area contributed by atoms with Gasteiger partial charge in [-0.25, -0.2) is 0 Å². The molecule has 0 aromatic carbocycles. The van der Waals surface area contributed by atoms with Gasteiger partial charge in [0.1, 0.15) is 22.9 Å². The summed E-state index contributed by atoms with van der Waals surface area (Å²) in [6.07, 6.45) is 11.4. The molecule has 4 heteroatoms. The van der Waals surface area contributed by atoms with Crippen LogP contribution in [0.15, 0.2) is 39.8 Å². The highest BCUT2D eigenvalue weighted by molar-refractivity contribution is 5.83. The highest BCUT2D eigenvalue weighted by atomic mass is 16.6. The second-order valence-electron chi connectivity index (χ2n) is 11.1. The summed E-state index contributed by atoms with van der Waals surface area (Å²) in [5, 5.41) is 0. The number of carbonyl (C=O) groups is 2. The van der Waals surface area contributed by atoms with Gasteiger partial charge in [-0.2, -0.15) is 0 Å². The minimum Gasteiger partial charge on any atom is -0.466 e. The van der Waals surface area contributed by atoms with Crippen LogP contribution < -0.4 is 0 Å². The summed E-state index contributed by atoms with van der Waals surface area (Å²) >= 11 is 0. The van der Waals surface area contributed by atoms with Crippen LogP contribution >= 0.6 is 0 Å². The molecule has 1 aliphatic heterocycles. The summed E-state index contributed by atoms with van der Waals surface area (Å²) < 4.78 is 12.3. The molecule has 6 rings (SSSR count). The van der Waals surface area contributed by atoms with E-state index in [0.29, 0.717) is 36.9 Å². The minimum atomic E-state index is -0.312. The fourth-order valence-corrected chi connectivity index (χ4v) is 7.99. The molecule has 0 N–H and O–H groups in total. The molecule has 4 nitrogen and oxygen atoms in total. The summed E-state index contributed by atoms with van der Waals surface area (Å²) in [5.74, 6) is 3.19. The number of hydrogen-bond donors (Lipinski definition) is 0. The Balaban J connectivity index is 1.51. The van der Waals surface area contributed by atoms with E-state index in [1.165, 1.54) is 11.1 Å². The lowest BCUT2D eigenvalue weighted by Crippen LogP contribution is -2.51. The maximum atomic E-state index is 12.4. The predicted octanol–water partition coefficient (Wildman–Crippen LogP) is 5.81. The van der Waals surface area contributed by atoms with Gasteiger partial charge in [-0.05, 0) is 63.0 Å². The van der Waals surface area contributed by atoms with E-state index in [2.05, 4.69) is 32.1 Å². The maximum absolute atomic E-state index is 12.4. The van der Waals surface area contributed by atoms with Gasteiger partial charge in [-0.3, -0.25) is 9.59 Å². The van der Waals surface area contributed by atoms with Crippen molar-refractivity contribution in [3.8, 4) is 0 Å². The number of aryl methyl sites for hydroxylation is 1. The average molecular weight is 421 g/mol. The molecule has 1 aromatic heterocycles. The smallest absolute Gasteiger partial charge is 0.306 e. The highest BCUT2D eigenvalue weighted by Crippen LogP contribution is 2.69. The number of allylic oxidation sites excluding steroid dienone is 4. The molecule has 0 amide bonds. The van der Waals surface area contributed by atoms with Crippen LogP contribution in [0.25, 0.3) is 0 Å². The van der Waals surface area contributed by atoms with Crippen molar-refractivity contribution in [1.82, 2.24) is 0 Å². The second-order valence-corrected chi connectivity index (χ2v) is 11.1. The van der Waals surface area contributed by atoms with Crippen molar-refractivity contribution >= 4 is 11.8 Å². The Morgan fingerprint density at radius 3 is 2.61 bits per heavy atom. The molecule has 4 aliphatic carbocycles. The van der Waals surface area contributed by atoms with E-state index < -0.39 is 0 Å². The van der Waals surface area contributed by atoms with E-state index in [4.69, 9.17) is 9.15 Å². The van der Waals surface area contributed by atoms with Crippen molar-refractivity contribution in [2.45, 2.75) is 83.7 Å². The molecule has 1 aromatic rings. The standard InChI is InChI=1S/C27H32O4/c1-16-4-5-22(30-16)19-15-17-14-18(28)6-10-25(17,2)20-7-11-26(3)21(24(19)20)8-12-27(26)13-9-23(29)31-27/h4-5,7,15,19,21,24H,6,8-14H2,1-3H3/t19-,21-,24+,25-,26-,27+/m0/s1.